The molecule has 0 spiro atoms. The van der Waals surface area contributed by atoms with E-state index in [-0.39, 0.29) is 5.92 Å². The van der Waals surface area contributed by atoms with Crippen LogP contribution in [0.4, 0.5) is 13.2 Å². The number of amides is 1. The zero-order chi connectivity index (χ0) is 12.9. The van der Waals surface area contributed by atoms with Crippen LogP contribution in [0.15, 0.2) is 0 Å². The Hall–Kier alpha value is -1.31. The van der Waals surface area contributed by atoms with Gasteiger partial charge in [-0.15, -0.1) is 13.2 Å². The Balaban J connectivity index is 3.98. The van der Waals surface area contributed by atoms with Crippen molar-refractivity contribution < 1.29 is 27.5 Å². The number of nitrogens with one attached hydrogen (secondary N) is 1. The molecule has 0 aliphatic heterocycles. The second kappa shape index (κ2) is 5.69. The summed E-state index contributed by atoms with van der Waals surface area (Å²) in [7, 11) is 0. The number of hydrogen-bond acceptors (Lipinski definition) is 4. The molecule has 16 heavy (non-hydrogen) atoms. The third-order valence-corrected chi connectivity index (χ3v) is 1.66. The summed E-state index contributed by atoms with van der Waals surface area (Å²) < 4.78 is 37.6. The summed E-state index contributed by atoms with van der Waals surface area (Å²) in [6.45, 7) is 2.47. The van der Waals surface area contributed by atoms with Crippen LogP contribution in [0, 0.1) is 5.92 Å². The predicted octanol–water partition coefficient (Wildman–Crippen LogP) is 0.149. The van der Waals surface area contributed by atoms with Gasteiger partial charge in [-0.1, -0.05) is 13.8 Å². The van der Waals surface area contributed by atoms with E-state index in [1.807, 2.05) is 5.32 Å². The predicted molar refractivity (Wildman–Crippen MR) is 48.0 cm³/mol. The SMILES string of the molecule is CC(C)[C@H](N)C(=O)NCC(=O)OC(F)(F)F. The summed E-state index contributed by atoms with van der Waals surface area (Å²) in [4.78, 5) is 21.7. The number of carbonyl (C=O) groups excluding carboxylic acids is 2. The summed E-state index contributed by atoms with van der Waals surface area (Å²) >= 11 is 0. The number of nitrogens with two attached hydrogens (primary N) is 1. The number of rotatable bonds is 4. The van der Waals surface area contributed by atoms with E-state index in [2.05, 4.69) is 4.74 Å². The topological polar surface area (TPSA) is 81.4 Å². The molecule has 0 fully saturated rings. The fraction of sp³-hybridized carbons (Fsp3) is 0.750. The van der Waals surface area contributed by atoms with Gasteiger partial charge in [-0.05, 0) is 5.92 Å². The van der Waals surface area contributed by atoms with Crippen LogP contribution in [-0.2, 0) is 14.3 Å². The number of halogens is 3. The minimum Gasteiger partial charge on any atom is -0.372 e. The van der Waals surface area contributed by atoms with Crippen molar-refractivity contribution in [2.24, 2.45) is 11.7 Å². The third kappa shape index (κ3) is 6.23. The summed E-state index contributed by atoms with van der Waals surface area (Å²) in [6.07, 6.45) is -5.04. The van der Waals surface area contributed by atoms with Gasteiger partial charge in [0.15, 0.2) is 0 Å². The normalized spacial score (nSPS) is 13.4. The van der Waals surface area contributed by atoms with E-state index in [1.165, 1.54) is 0 Å². The Labute approximate surface area is 90.1 Å². The van der Waals surface area contributed by atoms with Gasteiger partial charge in [0.1, 0.15) is 6.54 Å². The first-order valence-electron chi connectivity index (χ1n) is 4.45. The molecule has 8 heteroatoms. The van der Waals surface area contributed by atoms with Gasteiger partial charge in [-0.3, -0.25) is 4.79 Å². The van der Waals surface area contributed by atoms with E-state index in [0.717, 1.165) is 0 Å². The fourth-order valence-corrected chi connectivity index (χ4v) is 0.745. The molecule has 3 N–H and O–H groups in total. The molecule has 0 aromatic rings. The van der Waals surface area contributed by atoms with Gasteiger partial charge < -0.3 is 15.8 Å². The Morgan fingerprint density at radius 3 is 2.25 bits per heavy atom. The summed E-state index contributed by atoms with van der Waals surface area (Å²) in [5.41, 5.74) is 5.39. The number of ether oxygens (including phenoxy) is 1. The van der Waals surface area contributed by atoms with Gasteiger partial charge in [-0.2, -0.15) is 0 Å². The van der Waals surface area contributed by atoms with Crippen molar-refractivity contribution in [1.29, 1.82) is 0 Å². The van der Waals surface area contributed by atoms with Gasteiger partial charge in [0, 0.05) is 0 Å². The number of esters is 1. The standard InChI is InChI=1S/C8H13F3N2O3/c1-4(2)6(12)7(15)13-3-5(14)16-8(9,10)11/h4,6H,3,12H2,1-2H3,(H,13,15)/t6-/m0/s1. The zero-order valence-electron chi connectivity index (χ0n) is 8.80. The Morgan fingerprint density at radius 1 is 1.38 bits per heavy atom. The summed E-state index contributed by atoms with van der Waals surface area (Å²) in [5.74, 6) is -2.47. The van der Waals surface area contributed by atoms with Crippen LogP contribution in [0.25, 0.3) is 0 Å². The van der Waals surface area contributed by atoms with Crippen LogP contribution < -0.4 is 11.1 Å². The van der Waals surface area contributed by atoms with E-state index < -0.39 is 30.8 Å². The second-order valence-electron chi connectivity index (χ2n) is 3.41. The average molecular weight is 242 g/mol. The maximum Gasteiger partial charge on any atom is 0.575 e. The number of hydrogen-bond donors (Lipinski definition) is 2. The molecule has 0 aromatic carbocycles. The maximum atomic E-state index is 11.5. The first-order valence-corrected chi connectivity index (χ1v) is 4.45. The van der Waals surface area contributed by atoms with Crippen molar-refractivity contribution in [1.82, 2.24) is 5.32 Å². The molecule has 0 saturated heterocycles. The highest BCUT2D eigenvalue weighted by Gasteiger charge is 2.34. The number of alkyl halides is 3. The Bertz CT molecular complexity index is 266. The van der Waals surface area contributed by atoms with Gasteiger partial charge >= 0.3 is 12.3 Å². The molecule has 0 radical (unpaired) electrons. The van der Waals surface area contributed by atoms with Crippen molar-refractivity contribution in [2.75, 3.05) is 6.54 Å². The van der Waals surface area contributed by atoms with Crippen LogP contribution in [0.3, 0.4) is 0 Å². The molecule has 94 valence electrons. The van der Waals surface area contributed by atoms with Crippen LogP contribution in [0.5, 0.6) is 0 Å². The van der Waals surface area contributed by atoms with Crippen LogP contribution in [-0.4, -0.2) is 30.8 Å². The molecule has 0 unspecified atom stereocenters. The van der Waals surface area contributed by atoms with Crippen LogP contribution >= 0.6 is 0 Å². The Morgan fingerprint density at radius 2 is 1.88 bits per heavy atom. The van der Waals surface area contributed by atoms with E-state index >= 15 is 0 Å². The number of carbonyl (C=O) groups is 2. The fourth-order valence-electron chi connectivity index (χ4n) is 0.745. The van der Waals surface area contributed by atoms with Gasteiger partial charge in [0.25, 0.3) is 0 Å². The molecule has 1 atom stereocenters. The van der Waals surface area contributed by atoms with Gasteiger partial charge in [0.05, 0.1) is 6.04 Å². The highest BCUT2D eigenvalue weighted by Crippen LogP contribution is 2.15. The highest BCUT2D eigenvalue weighted by atomic mass is 19.4. The van der Waals surface area contributed by atoms with Crippen molar-refractivity contribution in [3.8, 4) is 0 Å². The lowest BCUT2D eigenvalue weighted by molar-refractivity contribution is -0.305. The molecule has 0 saturated carbocycles. The molecule has 0 aliphatic rings. The van der Waals surface area contributed by atoms with E-state index in [0.29, 0.717) is 0 Å². The smallest absolute Gasteiger partial charge is 0.372 e. The van der Waals surface area contributed by atoms with E-state index in [1.54, 1.807) is 13.8 Å². The highest BCUT2D eigenvalue weighted by molar-refractivity contribution is 5.85. The molecule has 0 bridgehead atoms. The quantitative estimate of drug-likeness (QED) is 0.687. The molecule has 1 amide bonds. The largest absolute Gasteiger partial charge is 0.575 e. The van der Waals surface area contributed by atoms with Crippen molar-refractivity contribution in [3.05, 3.63) is 0 Å². The lowest BCUT2D eigenvalue weighted by Crippen LogP contribution is -2.46. The molecule has 0 rings (SSSR count). The van der Waals surface area contributed by atoms with Gasteiger partial charge in [-0.25, -0.2) is 4.79 Å². The molecular weight excluding hydrogens is 229 g/mol. The van der Waals surface area contributed by atoms with Gasteiger partial charge in [0.2, 0.25) is 5.91 Å². The molecule has 0 aliphatic carbocycles. The zero-order valence-corrected chi connectivity index (χ0v) is 8.80. The molecular formula is C8H13F3N2O3. The third-order valence-electron chi connectivity index (χ3n) is 1.66. The average Bonchev–Trinajstić information content (AvgIpc) is 2.09. The lowest BCUT2D eigenvalue weighted by atomic mass is 10.1. The van der Waals surface area contributed by atoms with Crippen molar-refractivity contribution in [2.45, 2.75) is 26.3 Å². The second-order valence-corrected chi connectivity index (χ2v) is 3.41. The maximum absolute atomic E-state index is 11.5. The minimum atomic E-state index is -5.04. The monoisotopic (exact) mass is 242 g/mol. The van der Waals surface area contributed by atoms with Crippen LogP contribution in [0.1, 0.15) is 13.8 Å². The van der Waals surface area contributed by atoms with Crippen molar-refractivity contribution >= 4 is 11.9 Å². The Kier molecular flexibility index (Phi) is 5.22. The summed E-state index contributed by atoms with van der Waals surface area (Å²) in [5, 5.41) is 1.95. The molecule has 5 nitrogen and oxygen atoms in total. The van der Waals surface area contributed by atoms with Crippen LogP contribution in [0.2, 0.25) is 0 Å². The molecule has 0 heterocycles. The van der Waals surface area contributed by atoms with E-state index in [9.17, 15) is 22.8 Å². The first kappa shape index (κ1) is 14.7. The van der Waals surface area contributed by atoms with E-state index in [4.69, 9.17) is 5.73 Å². The minimum absolute atomic E-state index is 0.182. The molecule has 0 aromatic heterocycles. The lowest BCUT2D eigenvalue weighted by Gasteiger charge is -2.15. The summed E-state index contributed by atoms with van der Waals surface area (Å²) in [6, 6.07) is -0.876. The first-order chi connectivity index (χ1) is 7.13. The van der Waals surface area contributed by atoms with Crippen molar-refractivity contribution in [3.63, 3.8) is 0 Å².